The van der Waals surface area contributed by atoms with Crippen LogP contribution in [-0.2, 0) is 36.7 Å². The molecule has 0 aromatic carbocycles. The molecule has 4 unspecified atom stereocenters. The number of halogens is 1. The second-order valence-electron chi connectivity index (χ2n) is 10.1. The van der Waals surface area contributed by atoms with Gasteiger partial charge in [0, 0.05) is 0 Å². The van der Waals surface area contributed by atoms with Crippen LogP contribution in [0.5, 0.6) is 0 Å². The molecular weight excluding hydrogens is 685 g/mol. The number of hydrogen-bond donors (Lipinski definition) is 6. The number of nitrogens with zero attached hydrogens (tertiary/aromatic N) is 7. The standard InChI is InChI=1S/C20H23FN10O10P2S2/c21-8-12-7(39-18(8)30-4-26-9-14(22)24-3-25-15(9)30)2-37-43(35,45)41-13-11(32)6(1-36-42(34,44)40-12)38-19(13)31-5-27-10-16(31)28-20(23)29-17(10)33/h3-8,11-13,18-19,32H,1-2H2,(H,34,44)(H,35,45)(H2,22,24,25)(H3,23,28,29,33)/t6-,7-,8?,11?,12?,13?,18-,19-,42-,43-/m1/s1. The molecule has 7 rings (SSSR count). The molecule has 2 bridgehead atoms. The molecular formula is C20H23FN10O10P2S2. The number of thiol groups is 2. The summed E-state index contributed by atoms with van der Waals surface area (Å²) in [6, 6.07) is 0. The summed E-state index contributed by atoms with van der Waals surface area (Å²) in [6.45, 7) is -10.1. The smallest absolute Gasteiger partial charge is 0.386 e. The molecule has 3 fully saturated rings. The third-order valence-corrected chi connectivity index (χ3v) is 10.5. The van der Waals surface area contributed by atoms with E-state index in [1.807, 2.05) is 0 Å². The van der Waals surface area contributed by atoms with Gasteiger partial charge in [0.2, 0.25) is 5.95 Å². The Morgan fingerprint density at radius 3 is 2.27 bits per heavy atom. The number of anilines is 2. The number of aliphatic hydroxyl groups is 1. The van der Waals surface area contributed by atoms with Crippen molar-refractivity contribution in [2.75, 3.05) is 24.7 Å². The summed E-state index contributed by atoms with van der Waals surface area (Å²) in [5.41, 5.74) is 11.0. The highest BCUT2D eigenvalue weighted by atomic mass is 32.7. The summed E-state index contributed by atoms with van der Waals surface area (Å²) < 4.78 is 79.0. The Morgan fingerprint density at radius 1 is 0.911 bits per heavy atom. The number of nitrogen functional groups attached to an aromatic ring is 2. The maximum Gasteiger partial charge on any atom is 0.386 e. The van der Waals surface area contributed by atoms with E-state index >= 15 is 4.39 Å². The number of aliphatic hydroxyl groups excluding tert-OH is 1. The number of rotatable bonds is 2. The zero-order chi connectivity index (χ0) is 31.8. The van der Waals surface area contributed by atoms with Gasteiger partial charge in [0.1, 0.15) is 42.4 Å². The number of imidazole rings is 2. The monoisotopic (exact) mass is 708 g/mol. The topological polar surface area (TPSA) is 269 Å². The van der Waals surface area contributed by atoms with E-state index in [9.17, 15) is 19.0 Å². The van der Waals surface area contributed by atoms with E-state index < -0.39 is 81.5 Å². The second-order valence-corrected chi connectivity index (χ2v) is 15.8. The minimum Gasteiger partial charge on any atom is -0.387 e. The highest BCUT2D eigenvalue weighted by Gasteiger charge is 2.54. The van der Waals surface area contributed by atoms with Gasteiger partial charge in [-0.25, -0.2) is 33.5 Å². The fraction of sp³-hybridized carbons (Fsp3) is 0.500. The number of fused-ring (bicyclic) bond motifs is 5. The molecule has 25 heteroatoms. The van der Waals surface area contributed by atoms with Crippen LogP contribution < -0.4 is 17.0 Å². The zero-order valence-electron chi connectivity index (χ0n) is 22.3. The number of H-pyrrole nitrogens is 1. The summed E-state index contributed by atoms with van der Waals surface area (Å²) in [5, 5.41) is 11.1. The van der Waals surface area contributed by atoms with Gasteiger partial charge < -0.3 is 26.0 Å². The summed E-state index contributed by atoms with van der Waals surface area (Å²) >= 11 is 8.03. The first-order valence-electron chi connectivity index (χ1n) is 12.9. The van der Waals surface area contributed by atoms with Crippen LogP contribution in [0.25, 0.3) is 22.3 Å². The first kappa shape index (κ1) is 30.9. The molecule has 0 spiro atoms. The number of aromatic amines is 1. The van der Waals surface area contributed by atoms with Gasteiger partial charge in [-0.1, -0.05) is 24.5 Å². The molecule has 6 N–H and O–H groups in total. The Labute approximate surface area is 260 Å². The van der Waals surface area contributed by atoms with E-state index in [4.69, 9.17) is 39.0 Å². The van der Waals surface area contributed by atoms with Crippen molar-refractivity contribution < 1.29 is 46.2 Å². The largest absolute Gasteiger partial charge is 0.387 e. The van der Waals surface area contributed by atoms with Gasteiger partial charge in [-0.15, -0.1) is 0 Å². The van der Waals surface area contributed by atoms with Gasteiger partial charge >= 0.3 is 13.6 Å². The highest BCUT2D eigenvalue weighted by Crippen LogP contribution is 2.60. The minimum absolute atomic E-state index is 0.0443. The Morgan fingerprint density at radius 2 is 1.53 bits per heavy atom. The van der Waals surface area contributed by atoms with Crippen molar-refractivity contribution in [3.8, 4) is 0 Å². The molecule has 0 radical (unpaired) electrons. The summed E-state index contributed by atoms with van der Waals surface area (Å²) in [7, 11) is 0. The SMILES string of the molecule is Nc1nc2c(ncn2[C@@H]2O[C@@H]3CO[P@@](=O)(S)OC4C(F)[C@H](n5cnc6c(N)ncnc65)O[C@@H]4CO[P@@](=O)(S)OC2C3O)c(=O)[nH]1. The van der Waals surface area contributed by atoms with Crippen LogP contribution in [0.3, 0.4) is 0 Å². The predicted molar refractivity (Wildman–Crippen MR) is 156 cm³/mol. The van der Waals surface area contributed by atoms with E-state index in [0.717, 1.165) is 6.33 Å². The summed E-state index contributed by atoms with van der Waals surface area (Å²) in [4.78, 5) is 34.7. The lowest BCUT2D eigenvalue weighted by Gasteiger charge is -2.26. The molecule has 4 aromatic rings. The van der Waals surface area contributed by atoms with Crippen molar-refractivity contribution in [2.24, 2.45) is 0 Å². The Kier molecular flexibility index (Phi) is 7.72. The summed E-state index contributed by atoms with van der Waals surface area (Å²) in [6.07, 6.45) is -8.75. The Hall–Kier alpha value is -2.69. The van der Waals surface area contributed by atoms with Crippen molar-refractivity contribution in [3.63, 3.8) is 0 Å². The molecule has 3 saturated heterocycles. The molecule has 0 amide bonds. The first-order valence-corrected chi connectivity index (χ1v) is 18.3. The third-order valence-electron chi connectivity index (χ3n) is 7.28. The lowest BCUT2D eigenvalue weighted by atomic mass is 10.1. The fourth-order valence-corrected chi connectivity index (χ4v) is 8.20. The average Bonchev–Trinajstić information content (AvgIpc) is 3.72. The van der Waals surface area contributed by atoms with Crippen molar-refractivity contribution in [1.82, 2.24) is 39.0 Å². The van der Waals surface area contributed by atoms with Gasteiger partial charge in [0.05, 0.1) is 25.9 Å². The molecule has 242 valence electrons. The number of nitrogens with one attached hydrogen (secondary N) is 1. The normalized spacial score (nSPS) is 37.7. The molecule has 4 aromatic heterocycles. The van der Waals surface area contributed by atoms with Crippen LogP contribution in [0.4, 0.5) is 16.2 Å². The average molecular weight is 709 g/mol. The highest BCUT2D eigenvalue weighted by molar-refractivity contribution is 8.44. The predicted octanol–water partition coefficient (Wildman–Crippen LogP) is 0.511. The van der Waals surface area contributed by atoms with Gasteiger partial charge in [-0.3, -0.25) is 37.0 Å². The van der Waals surface area contributed by atoms with E-state index in [1.54, 1.807) is 0 Å². The first-order chi connectivity index (χ1) is 21.3. The zero-order valence-corrected chi connectivity index (χ0v) is 25.9. The van der Waals surface area contributed by atoms with Crippen LogP contribution in [0, 0.1) is 0 Å². The molecule has 7 heterocycles. The molecule has 0 saturated carbocycles. The molecule has 3 aliphatic rings. The van der Waals surface area contributed by atoms with Crippen molar-refractivity contribution >= 4 is 72.2 Å². The van der Waals surface area contributed by atoms with E-state index in [0.29, 0.717) is 0 Å². The quantitative estimate of drug-likeness (QED) is 0.122. The molecule has 45 heavy (non-hydrogen) atoms. The summed E-state index contributed by atoms with van der Waals surface area (Å²) in [5.74, 6) is -0.193. The van der Waals surface area contributed by atoms with Crippen LogP contribution in [-0.4, -0.2) is 94.0 Å². The van der Waals surface area contributed by atoms with Crippen LogP contribution in [0.1, 0.15) is 12.5 Å². The Balaban J connectivity index is 1.21. The van der Waals surface area contributed by atoms with Crippen molar-refractivity contribution in [2.45, 2.75) is 49.1 Å². The van der Waals surface area contributed by atoms with E-state index in [2.05, 4.69) is 54.4 Å². The van der Waals surface area contributed by atoms with Gasteiger partial charge in [0.25, 0.3) is 5.56 Å². The maximum absolute atomic E-state index is 16.0. The lowest BCUT2D eigenvalue weighted by Crippen LogP contribution is -2.35. The second kappa shape index (κ2) is 11.2. The molecule has 0 aliphatic carbocycles. The van der Waals surface area contributed by atoms with Crippen LogP contribution in [0.15, 0.2) is 23.8 Å². The van der Waals surface area contributed by atoms with Gasteiger partial charge in [-0.2, -0.15) is 4.98 Å². The minimum atomic E-state index is -4.42. The lowest BCUT2D eigenvalue weighted by molar-refractivity contribution is -0.0568. The van der Waals surface area contributed by atoms with Gasteiger partial charge in [0.15, 0.2) is 41.3 Å². The molecule has 3 aliphatic heterocycles. The molecule has 10 atom stereocenters. The van der Waals surface area contributed by atoms with Crippen molar-refractivity contribution in [3.05, 3.63) is 29.3 Å². The molecule has 20 nitrogen and oxygen atoms in total. The van der Waals surface area contributed by atoms with E-state index in [-0.39, 0.29) is 34.1 Å². The number of ether oxygens (including phenoxy) is 2. The maximum atomic E-state index is 16.0. The number of nitrogens with two attached hydrogens (primary N) is 2. The van der Waals surface area contributed by atoms with E-state index in [1.165, 1.54) is 21.8 Å². The van der Waals surface area contributed by atoms with Crippen LogP contribution >= 0.6 is 38.1 Å². The van der Waals surface area contributed by atoms with Gasteiger partial charge in [-0.05, 0) is 0 Å². The van der Waals surface area contributed by atoms with Crippen LogP contribution in [0.2, 0.25) is 0 Å². The fourth-order valence-electron chi connectivity index (χ4n) is 5.26. The number of hydrogen-bond acceptors (Lipinski definition) is 17. The Bertz CT molecular complexity index is 1950. The van der Waals surface area contributed by atoms with Crippen molar-refractivity contribution in [1.29, 1.82) is 0 Å². The number of aromatic nitrogens is 8. The third kappa shape index (κ3) is 5.54. The number of alkyl halides is 1.